The van der Waals surface area contributed by atoms with Crippen LogP contribution in [0.4, 0.5) is 0 Å². The topological polar surface area (TPSA) is 61.4 Å². The Hall–Kier alpha value is 0.120. The predicted octanol–water partition coefficient (Wildman–Crippen LogP) is 0.972. The van der Waals surface area contributed by atoms with Crippen LogP contribution in [0.25, 0.3) is 0 Å². The van der Waals surface area contributed by atoms with Gasteiger partial charge in [0.2, 0.25) is 0 Å². The molecule has 1 rings (SSSR count). The van der Waals surface area contributed by atoms with Crippen LogP contribution in [0.3, 0.4) is 0 Å². The summed E-state index contributed by atoms with van der Waals surface area (Å²) in [4.78, 5) is 0. The van der Waals surface area contributed by atoms with Crippen LogP contribution in [0.15, 0.2) is 0 Å². The van der Waals surface area contributed by atoms with Crippen LogP contribution in [0.2, 0.25) is 0 Å². The minimum atomic E-state index is -3.33. The Morgan fingerprint density at radius 2 is 1.83 bits per heavy atom. The van der Waals surface area contributed by atoms with Crippen molar-refractivity contribution in [2.45, 2.75) is 39.7 Å². The van der Waals surface area contributed by atoms with Gasteiger partial charge in [0.05, 0.1) is 0 Å². The Morgan fingerprint density at radius 3 is 2.28 bits per heavy atom. The van der Waals surface area contributed by atoms with Crippen LogP contribution < -0.4 is 10.0 Å². The van der Waals surface area contributed by atoms with Crippen molar-refractivity contribution in [1.29, 1.82) is 0 Å². The third-order valence-electron chi connectivity index (χ3n) is 3.60. The van der Waals surface area contributed by atoms with Gasteiger partial charge in [-0.2, -0.15) is 12.7 Å². The molecule has 1 aliphatic rings. The highest BCUT2D eigenvalue weighted by Crippen LogP contribution is 2.27. The maximum absolute atomic E-state index is 12.0. The normalized spacial score (nSPS) is 19.9. The van der Waals surface area contributed by atoms with E-state index in [9.17, 15) is 8.42 Å². The number of nitrogens with zero attached hydrogens (tertiary/aromatic N) is 1. The van der Waals surface area contributed by atoms with E-state index in [-0.39, 0.29) is 23.9 Å². The maximum atomic E-state index is 12.0. The largest absolute Gasteiger partial charge is 0.317 e. The Morgan fingerprint density at radius 1 is 1.33 bits per heavy atom. The van der Waals surface area contributed by atoms with Crippen molar-refractivity contribution in [3.63, 3.8) is 0 Å². The number of rotatable bonds is 5. The molecule has 5 nitrogen and oxygen atoms in total. The molecule has 0 aromatic heterocycles. The molecule has 2 N–H and O–H groups in total. The smallest absolute Gasteiger partial charge is 0.279 e. The van der Waals surface area contributed by atoms with Crippen molar-refractivity contribution >= 4 is 22.6 Å². The van der Waals surface area contributed by atoms with E-state index >= 15 is 0 Å². The molecule has 0 aliphatic carbocycles. The highest BCUT2D eigenvalue weighted by atomic mass is 35.5. The quantitative estimate of drug-likeness (QED) is 0.795. The highest BCUT2D eigenvalue weighted by Gasteiger charge is 2.29. The monoisotopic (exact) mass is 299 g/mol. The lowest BCUT2D eigenvalue weighted by Gasteiger charge is -2.34. The number of nitrogens with one attached hydrogen (secondary N) is 2. The molecular weight excluding hydrogens is 274 g/mol. The molecular formula is C11H26ClN3O2S. The summed E-state index contributed by atoms with van der Waals surface area (Å²) >= 11 is 0. The van der Waals surface area contributed by atoms with E-state index in [2.05, 4.69) is 17.0 Å². The van der Waals surface area contributed by atoms with Crippen molar-refractivity contribution in [2.75, 3.05) is 26.7 Å². The van der Waals surface area contributed by atoms with E-state index in [1.807, 2.05) is 13.8 Å². The van der Waals surface area contributed by atoms with Crippen LogP contribution in [0, 0.1) is 5.41 Å². The van der Waals surface area contributed by atoms with Crippen molar-refractivity contribution in [2.24, 2.45) is 5.41 Å². The van der Waals surface area contributed by atoms with Crippen LogP contribution in [-0.2, 0) is 10.2 Å². The molecule has 1 saturated heterocycles. The van der Waals surface area contributed by atoms with E-state index < -0.39 is 10.2 Å². The van der Waals surface area contributed by atoms with Crippen molar-refractivity contribution in [3.8, 4) is 0 Å². The molecule has 0 unspecified atom stereocenters. The number of hydrogen-bond donors (Lipinski definition) is 2. The summed E-state index contributed by atoms with van der Waals surface area (Å²) in [5, 5.41) is 3.29. The second-order valence-electron chi connectivity index (χ2n) is 5.50. The highest BCUT2D eigenvalue weighted by molar-refractivity contribution is 7.87. The molecule has 0 aromatic carbocycles. The van der Waals surface area contributed by atoms with Gasteiger partial charge in [-0.05, 0) is 45.2 Å². The first-order valence-electron chi connectivity index (χ1n) is 6.20. The summed E-state index contributed by atoms with van der Waals surface area (Å²) in [6.07, 6.45) is 2.03. The maximum Gasteiger partial charge on any atom is 0.279 e. The van der Waals surface area contributed by atoms with Gasteiger partial charge < -0.3 is 5.32 Å². The lowest BCUT2D eigenvalue weighted by molar-refractivity contribution is 0.230. The van der Waals surface area contributed by atoms with Crippen molar-refractivity contribution in [3.05, 3.63) is 0 Å². The van der Waals surface area contributed by atoms with Crippen LogP contribution in [-0.4, -0.2) is 45.4 Å². The number of piperidine rings is 1. The molecule has 1 fully saturated rings. The first kappa shape index (κ1) is 18.1. The summed E-state index contributed by atoms with van der Waals surface area (Å²) < 4.78 is 28.0. The first-order chi connectivity index (χ1) is 7.77. The van der Waals surface area contributed by atoms with E-state index in [1.165, 1.54) is 4.31 Å². The molecule has 0 radical (unpaired) electrons. The molecule has 1 aliphatic heterocycles. The molecule has 18 heavy (non-hydrogen) atoms. The summed E-state index contributed by atoms with van der Waals surface area (Å²) in [7, 11) is -1.73. The van der Waals surface area contributed by atoms with Crippen LogP contribution in [0.5, 0.6) is 0 Å². The third kappa shape index (κ3) is 5.01. The van der Waals surface area contributed by atoms with Gasteiger partial charge >= 0.3 is 0 Å². The zero-order valence-electron chi connectivity index (χ0n) is 11.7. The fourth-order valence-corrected chi connectivity index (χ4v) is 3.14. The van der Waals surface area contributed by atoms with Gasteiger partial charge in [-0.3, -0.25) is 0 Å². The van der Waals surface area contributed by atoms with E-state index in [1.54, 1.807) is 7.05 Å². The predicted molar refractivity (Wildman–Crippen MR) is 77.3 cm³/mol. The van der Waals surface area contributed by atoms with Gasteiger partial charge in [0.15, 0.2) is 0 Å². The number of halogens is 1. The average molecular weight is 300 g/mol. The lowest BCUT2D eigenvalue weighted by Crippen LogP contribution is -2.47. The Kier molecular flexibility index (Phi) is 7.10. The van der Waals surface area contributed by atoms with Crippen molar-refractivity contribution in [1.82, 2.24) is 14.3 Å². The Bertz CT molecular complexity index is 340. The summed E-state index contributed by atoms with van der Waals surface area (Å²) in [6.45, 7) is 8.34. The fraction of sp³-hybridized carbons (Fsp3) is 1.00. The SMILES string of the molecule is CC(C)N(C)S(=O)(=O)NCC1(C)CCNCC1.Cl. The van der Waals surface area contributed by atoms with Gasteiger partial charge in [-0.15, -0.1) is 12.4 Å². The fourth-order valence-electron chi connectivity index (χ4n) is 1.85. The first-order valence-corrected chi connectivity index (χ1v) is 7.64. The summed E-state index contributed by atoms with van der Waals surface area (Å²) in [6, 6.07) is -0.0201. The minimum Gasteiger partial charge on any atom is -0.317 e. The Balaban J connectivity index is 0.00000289. The second kappa shape index (κ2) is 7.05. The molecule has 7 heteroatoms. The molecule has 0 bridgehead atoms. The molecule has 0 atom stereocenters. The zero-order valence-corrected chi connectivity index (χ0v) is 13.3. The van der Waals surface area contributed by atoms with Crippen molar-refractivity contribution < 1.29 is 8.42 Å². The van der Waals surface area contributed by atoms with Gasteiger partial charge in [-0.1, -0.05) is 6.92 Å². The van der Waals surface area contributed by atoms with Crippen LogP contribution in [0.1, 0.15) is 33.6 Å². The average Bonchev–Trinajstić information content (AvgIpc) is 2.27. The molecule has 0 aromatic rings. The third-order valence-corrected chi connectivity index (χ3v) is 5.29. The standard InChI is InChI=1S/C11H25N3O2S.ClH/c1-10(2)14(4)17(15,16)13-9-11(3)5-7-12-8-6-11;/h10,12-13H,5-9H2,1-4H3;1H. The zero-order chi connectivity index (χ0) is 13.1. The van der Waals surface area contributed by atoms with Gasteiger partial charge in [0.25, 0.3) is 10.2 Å². The van der Waals surface area contributed by atoms with Gasteiger partial charge in [0.1, 0.15) is 0 Å². The van der Waals surface area contributed by atoms with Crippen LogP contribution >= 0.6 is 12.4 Å². The lowest BCUT2D eigenvalue weighted by atomic mass is 9.81. The molecule has 0 saturated carbocycles. The van der Waals surface area contributed by atoms with Gasteiger partial charge in [-0.25, -0.2) is 4.72 Å². The molecule has 1 heterocycles. The molecule has 110 valence electrons. The molecule has 0 spiro atoms. The van der Waals surface area contributed by atoms with E-state index in [0.29, 0.717) is 6.54 Å². The summed E-state index contributed by atoms with van der Waals surface area (Å²) in [5.41, 5.74) is 0.0795. The summed E-state index contributed by atoms with van der Waals surface area (Å²) in [5.74, 6) is 0. The van der Waals surface area contributed by atoms with Gasteiger partial charge in [0, 0.05) is 19.6 Å². The second-order valence-corrected chi connectivity index (χ2v) is 7.31. The molecule has 0 amide bonds. The number of hydrogen-bond acceptors (Lipinski definition) is 3. The Labute approximate surface area is 117 Å². The van der Waals surface area contributed by atoms with E-state index in [0.717, 1.165) is 25.9 Å². The van der Waals surface area contributed by atoms with E-state index in [4.69, 9.17) is 0 Å². The minimum absolute atomic E-state index is 0.